The van der Waals surface area contributed by atoms with E-state index in [2.05, 4.69) is 29.2 Å². The Hall–Kier alpha value is -1.85. The van der Waals surface area contributed by atoms with Crippen molar-refractivity contribution in [2.24, 2.45) is 0 Å². The van der Waals surface area contributed by atoms with E-state index in [1.165, 1.54) is 29.8 Å². The third-order valence-electron chi connectivity index (χ3n) is 4.87. The quantitative estimate of drug-likeness (QED) is 0.771. The Morgan fingerprint density at radius 3 is 2.44 bits per heavy atom. The molecule has 0 saturated carbocycles. The molecular formula is C20H25NO3S. The fourth-order valence-electron chi connectivity index (χ4n) is 3.39. The molecule has 2 aromatic carbocycles. The molecule has 1 atom stereocenters. The molecule has 2 aromatic rings. The van der Waals surface area contributed by atoms with Crippen LogP contribution in [0.1, 0.15) is 24.8 Å². The topological polar surface area (TPSA) is 57.6 Å². The molecule has 1 heterocycles. The minimum Gasteiger partial charge on any atom is -0.508 e. The summed E-state index contributed by atoms with van der Waals surface area (Å²) in [6.45, 7) is 2.40. The highest BCUT2D eigenvalue weighted by atomic mass is 32.2. The van der Waals surface area contributed by atoms with Crippen LogP contribution in [0.5, 0.6) is 5.75 Å². The van der Waals surface area contributed by atoms with Gasteiger partial charge in [0.25, 0.3) is 0 Å². The van der Waals surface area contributed by atoms with Crippen molar-refractivity contribution in [3.63, 3.8) is 0 Å². The van der Waals surface area contributed by atoms with Gasteiger partial charge in [0.05, 0.1) is 10.1 Å². The lowest BCUT2D eigenvalue weighted by atomic mass is 10.1. The molecule has 0 spiro atoms. The molecule has 1 N–H and O–H groups in total. The second kappa shape index (κ2) is 8.02. The van der Waals surface area contributed by atoms with E-state index in [1.54, 1.807) is 0 Å². The van der Waals surface area contributed by atoms with Crippen molar-refractivity contribution in [2.75, 3.05) is 19.6 Å². The summed E-state index contributed by atoms with van der Waals surface area (Å²) in [7, 11) is -3.31. The number of likely N-dealkylation sites (tertiary alicyclic amines) is 1. The third kappa shape index (κ3) is 4.61. The lowest BCUT2D eigenvalue weighted by Gasteiger charge is -2.16. The molecule has 1 fully saturated rings. The molecule has 1 saturated heterocycles. The summed E-state index contributed by atoms with van der Waals surface area (Å²) < 4.78 is 25.4. The Balaban J connectivity index is 1.47. The third-order valence-corrected chi connectivity index (χ3v) is 7.06. The van der Waals surface area contributed by atoms with Gasteiger partial charge in [-0.05, 0) is 68.6 Å². The van der Waals surface area contributed by atoms with Crippen molar-refractivity contribution < 1.29 is 13.5 Å². The van der Waals surface area contributed by atoms with Gasteiger partial charge >= 0.3 is 0 Å². The molecule has 3 rings (SSSR count). The SMILES string of the molecule is O=S(=O)(c1ccc(O)cc1)[C@@H]1CCN(CCCCc2ccccc2)C1. The van der Waals surface area contributed by atoms with Crippen LogP contribution >= 0.6 is 0 Å². The summed E-state index contributed by atoms with van der Waals surface area (Å²) in [6.07, 6.45) is 3.96. The monoisotopic (exact) mass is 359 g/mol. The maximum absolute atomic E-state index is 12.7. The molecule has 1 aliphatic rings. The zero-order chi connectivity index (χ0) is 17.7. The van der Waals surface area contributed by atoms with Crippen molar-refractivity contribution >= 4 is 9.84 Å². The second-order valence-corrected chi connectivity index (χ2v) is 8.92. The highest BCUT2D eigenvalue weighted by Crippen LogP contribution is 2.25. The summed E-state index contributed by atoms with van der Waals surface area (Å²) >= 11 is 0. The molecule has 0 unspecified atom stereocenters. The zero-order valence-corrected chi connectivity index (χ0v) is 15.2. The van der Waals surface area contributed by atoms with Gasteiger partial charge in [-0.15, -0.1) is 0 Å². The smallest absolute Gasteiger partial charge is 0.182 e. The van der Waals surface area contributed by atoms with Crippen LogP contribution in [0.2, 0.25) is 0 Å². The maximum Gasteiger partial charge on any atom is 0.182 e. The van der Waals surface area contributed by atoms with Crippen molar-refractivity contribution in [3.05, 3.63) is 60.2 Å². The lowest BCUT2D eigenvalue weighted by Crippen LogP contribution is -2.27. The summed E-state index contributed by atoms with van der Waals surface area (Å²) in [6, 6.07) is 16.3. The average molecular weight is 359 g/mol. The predicted molar refractivity (Wildman–Crippen MR) is 99.5 cm³/mol. The van der Waals surface area contributed by atoms with E-state index in [9.17, 15) is 13.5 Å². The molecule has 134 valence electrons. The first-order valence-corrected chi connectivity index (χ1v) is 10.4. The number of phenolic OH excluding ortho intramolecular Hbond substituents is 1. The molecule has 0 bridgehead atoms. The maximum atomic E-state index is 12.7. The number of hydrogen-bond acceptors (Lipinski definition) is 4. The molecule has 0 amide bonds. The van der Waals surface area contributed by atoms with Gasteiger partial charge in [0, 0.05) is 6.54 Å². The number of aromatic hydroxyl groups is 1. The molecule has 0 radical (unpaired) electrons. The summed E-state index contributed by atoms with van der Waals surface area (Å²) in [5.41, 5.74) is 1.36. The van der Waals surface area contributed by atoms with E-state index >= 15 is 0 Å². The number of unbranched alkanes of at least 4 members (excludes halogenated alkanes) is 1. The van der Waals surface area contributed by atoms with Crippen molar-refractivity contribution in [3.8, 4) is 5.75 Å². The van der Waals surface area contributed by atoms with Gasteiger partial charge in [-0.3, -0.25) is 0 Å². The number of aryl methyl sites for hydroxylation is 1. The average Bonchev–Trinajstić information content (AvgIpc) is 3.10. The van der Waals surface area contributed by atoms with Crippen LogP contribution in [0, 0.1) is 0 Å². The van der Waals surface area contributed by atoms with E-state index in [1.807, 2.05) is 6.07 Å². The van der Waals surface area contributed by atoms with E-state index < -0.39 is 9.84 Å². The summed E-state index contributed by atoms with van der Waals surface area (Å²) in [5.74, 6) is 0.0883. The van der Waals surface area contributed by atoms with E-state index in [0.29, 0.717) is 17.9 Å². The van der Waals surface area contributed by atoms with Crippen LogP contribution in [0.15, 0.2) is 59.5 Å². The summed E-state index contributed by atoms with van der Waals surface area (Å²) in [5, 5.41) is 8.99. The Kier molecular flexibility index (Phi) is 5.76. The number of benzene rings is 2. The Labute approximate surface area is 150 Å². The Bertz CT molecular complexity index is 772. The van der Waals surface area contributed by atoms with Gasteiger partial charge in [0.2, 0.25) is 0 Å². The first-order valence-electron chi connectivity index (χ1n) is 8.85. The zero-order valence-electron chi connectivity index (χ0n) is 14.3. The number of sulfone groups is 1. The number of phenols is 1. The van der Waals surface area contributed by atoms with Crippen LogP contribution in [0.4, 0.5) is 0 Å². The molecule has 25 heavy (non-hydrogen) atoms. The van der Waals surface area contributed by atoms with Gasteiger partial charge in [0.1, 0.15) is 5.75 Å². The number of rotatable bonds is 7. The highest BCUT2D eigenvalue weighted by Gasteiger charge is 2.33. The van der Waals surface area contributed by atoms with Crippen LogP contribution in [-0.2, 0) is 16.3 Å². The summed E-state index contributed by atoms with van der Waals surface area (Å²) in [4.78, 5) is 2.56. The fraction of sp³-hybridized carbons (Fsp3) is 0.400. The number of nitrogens with zero attached hydrogens (tertiary/aromatic N) is 1. The molecule has 0 aliphatic carbocycles. The van der Waals surface area contributed by atoms with Crippen LogP contribution in [-0.4, -0.2) is 43.3 Å². The first kappa shape index (κ1) is 18.0. The fourth-order valence-corrected chi connectivity index (χ4v) is 5.11. The van der Waals surface area contributed by atoms with Crippen molar-refractivity contribution in [1.82, 2.24) is 4.90 Å². The molecular weight excluding hydrogens is 334 g/mol. The largest absolute Gasteiger partial charge is 0.508 e. The predicted octanol–water partition coefficient (Wildman–Crippen LogP) is 3.26. The molecule has 4 nitrogen and oxygen atoms in total. The van der Waals surface area contributed by atoms with Crippen molar-refractivity contribution in [1.29, 1.82) is 0 Å². The van der Waals surface area contributed by atoms with Crippen LogP contribution < -0.4 is 0 Å². The molecule has 0 aromatic heterocycles. The van der Waals surface area contributed by atoms with E-state index in [-0.39, 0.29) is 11.0 Å². The van der Waals surface area contributed by atoms with Gasteiger partial charge in [-0.25, -0.2) is 8.42 Å². The molecule has 1 aliphatic heterocycles. The second-order valence-electron chi connectivity index (χ2n) is 6.69. The van der Waals surface area contributed by atoms with Crippen LogP contribution in [0.3, 0.4) is 0 Å². The van der Waals surface area contributed by atoms with Crippen molar-refractivity contribution in [2.45, 2.75) is 35.8 Å². The van der Waals surface area contributed by atoms with Gasteiger partial charge < -0.3 is 10.0 Å². The van der Waals surface area contributed by atoms with E-state index in [4.69, 9.17) is 0 Å². The normalized spacial score (nSPS) is 18.5. The van der Waals surface area contributed by atoms with Gasteiger partial charge in [-0.2, -0.15) is 0 Å². The number of hydrogen-bond donors (Lipinski definition) is 1. The first-order chi connectivity index (χ1) is 12.1. The standard InChI is InChI=1S/C20H25NO3S/c22-18-9-11-19(12-10-18)25(23,24)20-13-15-21(16-20)14-5-4-8-17-6-2-1-3-7-17/h1-3,6-7,9-12,20,22H,4-5,8,13-16H2/t20-/m1/s1. The minimum absolute atomic E-state index is 0.0883. The van der Waals surface area contributed by atoms with Gasteiger partial charge in [0.15, 0.2) is 9.84 Å². The Morgan fingerprint density at radius 2 is 1.72 bits per heavy atom. The highest BCUT2D eigenvalue weighted by molar-refractivity contribution is 7.92. The minimum atomic E-state index is -3.31. The van der Waals surface area contributed by atoms with E-state index in [0.717, 1.165) is 32.4 Å². The van der Waals surface area contributed by atoms with Crippen LogP contribution in [0.25, 0.3) is 0 Å². The molecule has 5 heteroatoms. The lowest BCUT2D eigenvalue weighted by molar-refractivity contribution is 0.330. The van der Waals surface area contributed by atoms with Gasteiger partial charge in [-0.1, -0.05) is 30.3 Å². The Morgan fingerprint density at radius 1 is 1.00 bits per heavy atom.